The number of nitrogen functional groups attached to an aromatic ring is 2. The predicted molar refractivity (Wildman–Crippen MR) is 77.8 cm³/mol. The predicted octanol–water partition coefficient (Wildman–Crippen LogP) is 1.91. The van der Waals surface area contributed by atoms with Crippen LogP contribution in [0.15, 0.2) is 42.5 Å². The molecule has 2 aromatic carbocycles. The van der Waals surface area contributed by atoms with Gasteiger partial charge in [0.2, 0.25) is 0 Å². The standard InChI is InChI=1S/C15H14N2O4/c16-12-5-11(6-13(17)7-12)15(20)21-8-9-1-3-10(4-2-9)14(18)19/h1-7H,8,16-17H2,(H,18,19). The molecule has 0 unspecified atom stereocenters. The molecule has 0 fully saturated rings. The van der Waals surface area contributed by atoms with Crippen molar-refractivity contribution in [1.29, 1.82) is 0 Å². The van der Waals surface area contributed by atoms with Crippen LogP contribution < -0.4 is 11.5 Å². The van der Waals surface area contributed by atoms with Crippen molar-refractivity contribution in [3.8, 4) is 0 Å². The number of esters is 1. The molecule has 0 bridgehead atoms. The van der Waals surface area contributed by atoms with Crippen LogP contribution in [-0.4, -0.2) is 17.0 Å². The Morgan fingerprint density at radius 3 is 2.05 bits per heavy atom. The number of carbonyl (C=O) groups excluding carboxylic acids is 1. The van der Waals surface area contributed by atoms with Gasteiger partial charge in [0.05, 0.1) is 11.1 Å². The molecule has 6 nitrogen and oxygen atoms in total. The van der Waals surface area contributed by atoms with E-state index in [2.05, 4.69) is 0 Å². The first-order chi connectivity index (χ1) is 9.95. The van der Waals surface area contributed by atoms with Crippen molar-refractivity contribution >= 4 is 23.3 Å². The number of anilines is 2. The number of hydrogen-bond acceptors (Lipinski definition) is 5. The van der Waals surface area contributed by atoms with E-state index >= 15 is 0 Å². The van der Waals surface area contributed by atoms with Crippen LogP contribution >= 0.6 is 0 Å². The molecule has 5 N–H and O–H groups in total. The number of carboxylic acids is 1. The van der Waals surface area contributed by atoms with Gasteiger partial charge in [-0.05, 0) is 35.9 Å². The summed E-state index contributed by atoms with van der Waals surface area (Å²) < 4.78 is 5.13. The lowest BCUT2D eigenvalue weighted by Crippen LogP contribution is -2.07. The Balaban J connectivity index is 2.02. The molecule has 0 radical (unpaired) electrons. The average Bonchev–Trinajstić information content (AvgIpc) is 2.44. The molecule has 21 heavy (non-hydrogen) atoms. The molecule has 0 spiro atoms. The third kappa shape index (κ3) is 3.73. The summed E-state index contributed by atoms with van der Waals surface area (Å²) in [5.74, 6) is -1.55. The largest absolute Gasteiger partial charge is 0.478 e. The Kier molecular flexibility index (Phi) is 4.08. The zero-order valence-electron chi connectivity index (χ0n) is 11.1. The molecule has 2 aromatic rings. The molecule has 0 amide bonds. The zero-order valence-corrected chi connectivity index (χ0v) is 11.1. The molecule has 2 rings (SSSR count). The summed E-state index contributed by atoms with van der Waals surface area (Å²) in [6, 6.07) is 10.6. The van der Waals surface area contributed by atoms with Crippen LogP contribution in [0.2, 0.25) is 0 Å². The van der Waals surface area contributed by atoms with Crippen molar-refractivity contribution in [3.63, 3.8) is 0 Å². The van der Waals surface area contributed by atoms with E-state index in [4.69, 9.17) is 21.3 Å². The minimum absolute atomic E-state index is 0.0352. The van der Waals surface area contributed by atoms with E-state index in [0.717, 1.165) is 0 Å². The van der Waals surface area contributed by atoms with E-state index in [1.54, 1.807) is 18.2 Å². The van der Waals surface area contributed by atoms with Crippen LogP contribution in [0.4, 0.5) is 11.4 Å². The molecule has 108 valence electrons. The molecular formula is C15H14N2O4. The number of carbonyl (C=O) groups is 2. The topological polar surface area (TPSA) is 116 Å². The molecular weight excluding hydrogens is 272 g/mol. The molecule has 0 heterocycles. The average molecular weight is 286 g/mol. The normalized spacial score (nSPS) is 10.1. The number of benzene rings is 2. The van der Waals surface area contributed by atoms with E-state index in [0.29, 0.717) is 16.9 Å². The number of carboxylic acid groups (broad SMARTS) is 1. The third-order valence-corrected chi connectivity index (χ3v) is 2.78. The maximum Gasteiger partial charge on any atom is 0.338 e. The molecule has 6 heteroatoms. The van der Waals surface area contributed by atoms with Gasteiger partial charge in [-0.1, -0.05) is 12.1 Å². The van der Waals surface area contributed by atoms with Gasteiger partial charge in [-0.15, -0.1) is 0 Å². The minimum atomic E-state index is -1.01. The molecule has 0 aliphatic carbocycles. The van der Waals surface area contributed by atoms with Gasteiger partial charge in [-0.3, -0.25) is 0 Å². The van der Waals surface area contributed by atoms with Crippen LogP contribution in [0, 0.1) is 0 Å². The van der Waals surface area contributed by atoms with E-state index in [-0.39, 0.29) is 17.7 Å². The molecule has 0 aromatic heterocycles. The fraction of sp³-hybridized carbons (Fsp3) is 0.0667. The number of hydrogen-bond donors (Lipinski definition) is 3. The Hall–Kier alpha value is -3.02. The second kappa shape index (κ2) is 5.96. The molecule has 0 saturated heterocycles. The lowest BCUT2D eigenvalue weighted by Gasteiger charge is -2.07. The van der Waals surface area contributed by atoms with Crippen LogP contribution in [0.5, 0.6) is 0 Å². The van der Waals surface area contributed by atoms with Crippen molar-refractivity contribution in [3.05, 3.63) is 59.2 Å². The van der Waals surface area contributed by atoms with E-state index < -0.39 is 11.9 Å². The van der Waals surface area contributed by atoms with Crippen LogP contribution in [0.3, 0.4) is 0 Å². The summed E-state index contributed by atoms with van der Waals surface area (Å²) in [5.41, 5.74) is 13.1. The highest BCUT2D eigenvalue weighted by atomic mass is 16.5. The number of aromatic carboxylic acids is 1. The van der Waals surface area contributed by atoms with Crippen molar-refractivity contribution in [2.45, 2.75) is 6.61 Å². The Morgan fingerprint density at radius 2 is 1.52 bits per heavy atom. The quantitative estimate of drug-likeness (QED) is 0.584. The maximum absolute atomic E-state index is 11.9. The Bertz CT molecular complexity index is 660. The lowest BCUT2D eigenvalue weighted by molar-refractivity contribution is 0.0472. The van der Waals surface area contributed by atoms with E-state index in [1.807, 2.05) is 0 Å². The van der Waals surface area contributed by atoms with E-state index in [9.17, 15) is 9.59 Å². The first-order valence-corrected chi connectivity index (χ1v) is 6.11. The highest BCUT2D eigenvalue weighted by Gasteiger charge is 2.09. The summed E-state index contributed by atoms with van der Waals surface area (Å²) in [5, 5.41) is 8.79. The van der Waals surface area contributed by atoms with Gasteiger partial charge in [0, 0.05) is 11.4 Å². The first-order valence-electron chi connectivity index (χ1n) is 6.11. The van der Waals surface area contributed by atoms with Crippen LogP contribution in [-0.2, 0) is 11.3 Å². The summed E-state index contributed by atoms with van der Waals surface area (Å²) >= 11 is 0. The Labute approximate surface area is 120 Å². The molecule has 0 atom stereocenters. The number of ether oxygens (including phenoxy) is 1. The van der Waals surface area contributed by atoms with Crippen molar-refractivity contribution in [2.24, 2.45) is 0 Å². The number of rotatable bonds is 4. The van der Waals surface area contributed by atoms with E-state index in [1.165, 1.54) is 24.3 Å². The number of nitrogens with two attached hydrogens (primary N) is 2. The van der Waals surface area contributed by atoms with Crippen molar-refractivity contribution < 1.29 is 19.4 Å². The lowest BCUT2D eigenvalue weighted by atomic mass is 10.1. The van der Waals surface area contributed by atoms with Crippen molar-refractivity contribution in [2.75, 3.05) is 11.5 Å². The molecule has 0 saturated carbocycles. The first kappa shape index (κ1) is 14.4. The summed E-state index contributed by atoms with van der Waals surface area (Å²) in [6.45, 7) is 0.0352. The molecule has 0 aliphatic rings. The maximum atomic E-state index is 11.9. The van der Waals surface area contributed by atoms with Crippen LogP contribution in [0.1, 0.15) is 26.3 Å². The van der Waals surface area contributed by atoms with Crippen LogP contribution in [0.25, 0.3) is 0 Å². The summed E-state index contributed by atoms with van der Waals surface area (Å²) in [7, 11) is 0. The highest BCUT2D eigenvalue weighted by molar-refractivity contribution is 5.91. The van der Waals surface area contributed by atoms with Gasteiger partial charge >= 0.3 is 11.9 Å². The zero-order chi connectivity index (χ0) is 15.4. The monoisotopic (exact) mass is 286 g/mol. The summed E-state index contributed by atoms with van der Waals surface area (Å²) in [4.78, 5) is 22.6. The second-order valence-corrected chi connectivity index (χ2v) is 4.47. The fourth-order valence-corrected chi connectivity index (χ4v) is 1.77. The molecule has 0 aliphatic heterocycles. The van der Waals surface area contributed by atoms with Crippen molar-refractivity contribution in [1.82, 2.24) is 0 Å². The third-order valence-electron chi connectivity index (χ3n) is 2.78. The summed E-state index contributed by atoms with van der Waals surface area (Å²) in [6.07, 6.45) is 0. The van der Waals surface area contributed by atoms with Gasteiger partial charge in [-0.2, -0.15) is 0 Å². The fourth-order valence-electron chi connectivity index (χ4n) is 1.77. The smallest absolute Gasteiger partial charge is 0.338 e. The SMILES string of the molecule is Nc1cc(N)cc(C(=O)OCc2ccc(C(=O)O)cc2)c1. The minimum Gasteiger partial charge on any atom is -0.478 e. The Morgan fingerprint density at radius 1 is 0.952 bits per heavy atom. The van der Waals surface area contributed by atoms with Gasteiger partial charge in [0.25, 0.3) is 0 Å². The van der Waals surface area contributed by atoms with Gasteiger partial charge in [-0.25, -0.2) is 9.59 Å². The highest BCUT2D eigenvalue weighted by Crippen LogP contribution is 2.15. The van der Waals surface area contributed by atoms with Gasteiger partial charge in [0.1, 0.15) is 6.61 Å². The second-order valence-electron chi connectivity index (χ2n) is 4.47. The van der Waals surface area contributed by atoms with Gasteiger partial charge < -0.3 is 21.3 Å². The van der Waals surface area contributed by atoms with Gasteiger partial charge in [0.15, 0.2) is 0 Å².